The van der Waals surface area contributed by atoms with Crippen molar-refractivity contribution in [2.45, 2.75) is 25.9 Å². The zero-order valence-corrected chi connectivity index (χ0v) is 12.5. The molecule has 5 nitrogen and oxygen atoms in total. The van der Waals surface area contributed by atoms with Crippen LogP contribution in [0.1, 0.15) is 43.1 Å². The maximum Gasteiger partial charge on any atom is 0.234 e. The zero-order valence-electron chi connectivity index (χ0n) is 12.5. The number of benzene rings is 1. The summed E-state index contributed by atoms with van der Waals surface area (Å²) in [6, 6.07) is 10.3. The predicted molar refractivity (Wildman–Crippen MR) is 79.0 cm³/mol. The lowest BCUT2D eigenvalue weighted by Gasteiger charge is -2.20. The molecule has 0 saturated carbocycles. The fourth-order valence-corrected chi connectivity index (χ4v) is 2.71. The minimum atomic E-state index is -0.111. The monoisotopic (exact) mass is 287 g/mol. The van der Waals surface area contributed by atoms with Crippen molar-refractivity contribution in [3.8, 4) is 0 Å². The number of ether oxygens (including phenoxy) is 1. The van der Waals surface area contributed by atoms with Gasteiger partial charge < -0.3 is 14.6 Å². The first-order valence-corrected chi connectivity index (χ1v) is 7.46. The predicted octanol–water partition coefficient (Wildman–Crippen LogP) is 2.52. The minimum absolute atomic E-state index is 0.111. The second-order valence-corrected chi connectivity index (χ2v) is 5.69. The molecule has 3 rings (SSSR count). The molecular formula is C16H21N3O2. The highest BCUT2D eigenvalue weighted by Gasteiger charge is 2.27. The van der Waals surface area contributed by atoms with Crippen LogP contribution >= 0.6 is 0 Å². The summed E-state index contributed by atoms with van der Waals surface area (Å²) in [5.74, 6) is 1.80. The number of rotatable bonds is 4. The molecule has 2 heterocycles. The van der Waals surface area contributed by atoms with Crippen LogP contribution in [0.25, 0.3) is 0 Å². The quantitative estimate of drug-likeness (QED) is 0.936. The van der Waals surface area contributed by atoms with E-state index < -0.39 is 0 Å². The molecule has 0 amide bonds. The Hall–Kier alpha value is -1.72. The van der Waals surface area contributed by atoms with E-state index in [1.807, 2.05) is 18.2 Å². The van der Waals surface area contributed by atoms with Crippen LogP contribution in [0, 0.1) is 5.92 Å². The molecule has 1 aromatic heterocycles. The molecule has 112 valence electrons. The Bertz CT molecular complexity index is 562. The normalized spacial score (nSPS) is 20.6. The lowest BCUT2D eigenvalue weighted by atomic mass is 9.88. The third-order valence-corrected chi connectivity index (χ3v) is 3.76. The smallest absolute Gasteiger partial charge is 0.234 e. The Morgan fingerprint density at radius 2 is 2.05 bits per heavy atom. The van der Waals surface area contributed by atoms with Crippen LogP contribution in [0.3, 0.4) is 0 Å². The molecule has 0 aliphatic carbocycles. The van der Waals surface area contributed by atoms with Crippen LogP contribution < -0.4 is 5.32 Å². The number of aromatic nitrogens is 2. The number of nitrogens with one attached hydrogen (secondary N) is 1. The molecule has 2 unspecified atom stereocenters. The van der Waals surface area contributed by atoms with Gasteiger partial charge in [0, 0.05) is 13.1 Å². The first-order chi connectivity index (χ1) is 10.3. The highest BCUT2D eigenvalue weighted by Crippen LogP contribution is 2.31. The van der Waals surface area contributed by atoms with Gasteiger partial charge >= 0.3 is 0 Å². The van der Waals surface area contributed by atoms with E-state index in [2.05, 4.69) is 41.4 Å². The summed E-state index contributed by atoms with van der Waals surface area (Å²) >= 11 is 0. The summed E-state index contributed by atoms with van der Waals surface area (Å²) in [7, 11) is 0. The summed E-state index contributed by atoms with van der Waals surface area (Å²) in [5.41, 5.74) is 1.20. The van der Waals surface area contributed by atoms with Crippen molar-refractivity contribution in [1.29, 1.82) is 0 Å². The van der Waals surface area contributed by atoms with Gasteiger partial charge in [0.2, 0.25) is 11.7 Å². The van der Waals surface area contributed by atoms with Gasteiger partial charge in [-0.25, -0.2) is 0 Å². The molecule has 0 bridgehead atoms. The number of hydrogen-bond acceptors (Lipinski definition) is 5. The van der Waals surface area contributed by atoms with E-state index in [1.165, 1.54) is 5.56 Å². The molecule has 21 heavy (non-hydrogen) atoms. The molecule has 1 saturated heterocycles. The highest BCUT2D eigenvalue weighted by molar-refractivity contribution is 5.25. The number of morpholine rings is 1. The molecule has 2 aromatic rings. The molecule has 1 aliphatic rings. The maximum atomic E-state index is 5.68. The van der Waals surface area contributed by atoms with Gasteiger partial charge in [-0.3, -0.25) is 0 Å². The fourth-order valence-electron chi connectivity index (χ4n) is 2.71. The van der Waals surface area contributed by atoms with Gasteiger partial charge in [0.25, 0.3) is 0 Å². The Morgan fingerprint density at radius 1 is 1.24 bits per heavy atom. The van der Waals surface area contributed by atoms with E-state index >= 15 is 0 Å². The van der Waals surface area contributed by atoms with Crippen LogP contribution in [0.15, 0.2) is 34.9 Å². The Balaban J connectivity index is 1.85. The largest absolute Gasteiger partial charge is 0.367 e. The molecule has 2 atom stereocenters. The van der Waals surface area contributed by atoms with Crippen molar-refractivity contribution in [3.63, 3.8) is 0 Å². The summed E-state index contributed by atoms with van der Waals surface area (Å²) in [6.07, 6.45) is -0.111. The average molecular weight is 287 g/mol. The lowest BCUT2D eigenvalue weighted by molar-refractivity contribution is 0.0208. The second-order valence-electron chi connectivity index (χ2n) is 5.69. The first-order valence-electron chi connectivity index (χ1n) is 7.46. The van der Waals surface area contributed by atoms with E-state index in [0.29, 0.717) is 24.2 Å². The highest BCUT2D eigenvalue weighted by atomic mass is 16.5. The summed E-state index contributed by atoms with van der Waals surface area (Å²) < 4.78 is 11.2. The van der Waals surface area contributed by atoms with Crippen LogP contribution in [0.2, 0.25) is 0 Å². The van der Waals surface area contributed by atoms with Crippen molar-refractivity contribution in [1.82, 2.24) is 15.5 Å². The topological polar surface area (TPSA) is 60.2 Å². The standard InChI is InChI=1S/C16H21N3O2/c1-11(2)14(12-6-4-3-5-7-12)16-18-15(19-21-16)13-10-17-8-9-20-13/h3-7,11,13-14,17H,8-10H2,1-2H3. The van der Waals surface area contributed by atoms with Crippen LogP contribution in [0.5, 0.6) is 0 Å². The van der Waals surface area contributed by atoms with Gasteiger partial charge in [-0.1, -0.05) is 49.3 Å². The van der Waals surface area contributed by atoms with Gasteiger partial charge in [0.05, 0.1) is 12.5 Å². The minimum Gasteiger partial charge on any atom is -0.367 e. The van der Waals surface area contributed by atoms with E-state index in [-0.39, 0.29) is 12.0 Å². The summed E-state index contributed by atoms with van der Waals surface area (Å²) in [6.45, 7) is 6.62. The van der Waals surface area contributed by atoms with Gasteiger partial charge in [-0.15, -0.1) is 0 Å². The van der Waals surface area contributed by atoms with Crippen molar-refractivity contribution in [2.75, 3.05) is 19.7 Å². The molecule has 1 N–H and O–H groups in total. The van der Waals surface area contributed by atoms with E-state index in [0.717, 1.165) is 13.1 Å². The van der Waals surface area contributed by atoms with Gasteiger partial charge in [-0.2, -0.15) is 4.98 Å². The molecule has 5 heteroatoms. The van der Waals surface area contributed by atoms with Crippen LogP contribution in [-0.4, -0.2) is 29.8 Å². The summed E-state index contributed by atoms with van der Waals surface area (Å²) in [4.78, 5) is 4.59. The summed E-state index contributed by atoms with van der Waals surface area (Å²) in [5, 5.41) is 7.40. The van der Waals surface area contributed by atoms with Crippen LogP contribution in [-0.2, 0) is 4.74 Å². The number of hydrogen-bond donors (Lipinski definition) is 1. The maximum absolute atomic E-state index is 5.68. The lowest BCUT2D eigenvalue weighted by Crippen LogP contribution is -2.33. The van der Waals surface area contributed by atoms with Gasteiger partial charge in [0.1, 0.15) is 6.10 Å². The van der Waals surface area contributed by atoms with Crippen LogP contribution in [0.4, 0.5) is 0 Å². The first kappa shape index (κ1) is 14.2. The zero-order chi connectivity index (χ0) is 14.7. The molecule has 0 spiro atoms. The molecule has 0 radical (unpaired) electrons. The SMILES string of the molecule is CC(C)C(c1ccccc1)c1nc(C2CNCCO2)no1. The Kier molecular flexibility index (Phi) is 4.31. The molecule has 1 aromatic carbocycles. The van der Waals surface area contributed by atoms with E-state index in [4.69, 9.17) is 9.26 Å². The molecular weight excluding hydrogens is 266 g/mol. The van der Waals surface area contributed by atoms with E-state index in [1.54, 1.807) is 0 Å². The molecule has 1 aliphatic heterocycles. The van der Waals surface area contributed by atoms with Gasteiger partial charge in [-0.05, 0) is 11.5 Å². The third-order valence-electron chi connectivity index (χ3n) is 3.76. The van der Waals surface area contributed by atoms with Crippen molar-refractivity contribution in [3.05, 3.63) is 47.6 Å². The van der Waals surface area contributed by atoms with Crippen molar-refractivity contribution in [2.24, 2.45) is 5.92 Å². The fraction of sp³-hybridized carbons (Fsp3) is 0.500. The Morgan fingerprint density at radius 3 is 2.71 bits per heavy atom. The van der Waals surface area contributed by atoms with Gasteiger partial charge in [0.15, 0.2) is 0 Å². The third kappa shape index (κ3) is 3.14. The van der Waals surface area contributed by atoms with E-state index in [9.17, 15) is 0 Å². The Labute approximate surface area is 124 Å². The van der Waals surface area contributed by atoms with Crippen molar-refractivity contribution < 1.29 is 9.26 Å². The average Bonchev–Trinajstić information content (AvgIpc) is 2.98. The second kappa shape index (κ2) is 6.37. The number of nitrogens with zero attached hydrogens (tertiary/aromatic N) is 2. The molecule has 1 fully saturated rings. The van der Waals surface area contributed by atoms with Crippen molar-refractivity contribution >= 4 is 0 Å².